The summed E-state index contributed by atoms with van der Waals surface area (Å²) in [6.45, 7) is 0.603. The summed E-state index contributed by atoms with van der Waals surface area (Å²) in [7, 11) is 1.69. The number of amides is 1. The number of hydrogen-bond donors (Lipinski definition) is 1. The van der Waals surface area contributed by atoms with Crippen LogP contribution in [0.15, 0.2) is 18.6 Å². The van der Waals surface area contributed by atoms with Gasteiger partial charge in [0.15, 0.2) is 0 Å². The van der Waals surface area contributed by atoms with Crippen LogP contribution < -0.4 is 0 Å². The first-order valence-corrected chi connectivity index (χ1v) is 8.45. The molecule has 0 aromatic carbocycles. The van der Waals surface area contributed by atoms with Crippen molar-refractivity contribution in [1.82, 2.24) is 19.3 Å². The van der Waals surface area contributed by atoms with E-state index in [4.69, 9.17) is 16.3 Å². The summed E-state index contributed by atoms with van der Waals surface area (Å²) in [6, 6.07) is -0.125. The van der Waals surface area contributed by atoms with Crippen LogP contribution in [0.4, 0.5) is 0 Å². The maximum atomic E-state index is 13.0. The first kappa shape index (κ1) is 15.8. The fourth-order valence-electron chi connectivity index (χ4n) is 4.03. The van der Waals surface area contributed by atoms with Gasteiger partial charge >= 0.3 is 0 Å². The highest BCUT2D eigenvalue weighted by atomic mass is 35.5. The summed E-state index contributed by atoms with van der Waals surface area (Å²) >= 11 is 5.93. The van der Waals surface area contributed by atoms with E-state index < -0.39 is 6.10 Å². The number of likely N-dealkylation sites (tertiary alicyclic amines) is 1. The van der Waals surface area contributed by atoms with Crippen LogP contribution in [0.25, 0.3) is 5.78 Å². The highest BCUT2D eigenvalue weighted by Gasteiger charge is 2.52. The molecule has 128 valence electrons. The lowest BCUT2D eigenvalue weighted by atomic mass is 9.79. The van der Waals surface area contributed by atoms with Crippen molar-refractivity contribution in [1.29, 1.82) is 0 Å². The van der Waals surface area contributed by atoms with Gasteiger partial charge in [-0.15, -0.1) is 0 Å². The number of nitrogens with zero attached hydrogens (tertiary/aromatic N) is 4. The smallest absolute Gasteiger partial charge is 0.274 e. The highest BCUT2D eigenvalue weighted by molar-refractivity contribution is 6.30. The Morgan fingerprint density at radius 3 is 3.08 bits per heavy atom. The van der Waals surface area contributed by atoms with Crippen LogP contribution in [0, 0.1) is 0 Å². The number of hydrogen-bond acceptors (Lipinski definition) is 5. The van der Waals surface area contributed by atoms with Crippen LogP contribution in [0.2, 0.25) is 5.02 Å². The minimum atomic E-state index is -0.395. The number of aliphatic hydroxyl groups excluding tert-OH is 1. The third kappa shape index (κ3) is 2.39. The van der Waals surface area contributed by atoms with E-state index in [1.165, 1.54) is 6.20 Å². The Morgan fingerprint density at radius 2 is 2.29 bits per heavy atom. The number of carbonyl (C=O) groups excluding carboxylic acids is 1. The van der Waals surface area contributed by atoms with Crippen molar-refractivity contribution >= 4 is 23.3 Å². The second-order valence-electron chi connectivity index (χ2n) is 6.57. The van der Waals surface area contributed by atoms with E-state index in [0.29, 0.717) is 35.9 Å². The quantitative estimate of drug-likeness (QED) is 0.888. The molecule has 4 rings (SSSR count). The number of aliphatic hydroxyl groups is 1. The zero-order valence-electron chi connectivity index (χ0n) is 13.4. The molecule has 1 amide bonds. The second kappa shape index (κ2) is 5.68. The molecule has 1 saturated carbocycles. The second-order valence-corrected chi connectivity index (χ2v) is 7.00. The lowest BCUT2D eigenvalue weighted by Crippen LogP contribution is -2.52. The summed E-state index contributed by atoms with van der Waals surface area (Å²) in [5.41, 5.74) is -0.0213. The third-order valence-electron chi connectivity index (χ3n) is 5.32. The third-order valence-corrected chi connectivity index (χ3v) is 5.52. The van der Waals surface area contributed by atoms with Crippen molar-refractivity contribution in [3.05, 3.63) is 29.3 Å². The number of methoxy groups -OCH3 is 1. The number of aromatic nitrogens is 3. The molecule has 1 aliphatic heterocycles. The van der Waals surface area contributed by atoms with Gasteiger partial charge in [0, 0.05) is 26.0 Å². The zero-order chi connectivity index (χ0) is 16.9. The summed E-state index contributed by atoms with van der Waals surface area (Å²) in [5, 5.41) is 10.5. The SMILES string of the molecule is CO[C@@]12CCC(O)CC1N(C(=O)c1cn3cc(Cl)cnc3n1)CC2. The van der Waals surface area contributed by atoms with Crippen molar-refractivity contribution in [2.24, 2.45) is 0 Å². The van der Waals surface area contributed by atoms with Gasteiger partial charge in [0.2, 0.25) is 5.78 Å². The molecule has 2 aliphatic rings. The largest absolute Gasteiger partial charge is 0.393 e. The van der Waals surface area contributed by atoms with Gasteiger partial charge in [-0.2, -0.15) is 0 Å². The van der Waals surface area contributed by atoms with Gasteiger partial charge in [-0.3, -0.25) is 9.20 Å². The Bertz CT molecular complexity index is 795. The van der Waals surface area contributed by atoms with E-state index in [2.05, 4.69) is 9.97 Å². The molecule has 24 heavy (non-hydrogen) atoms. The van der Waals surface area contributed by atoms with E-state index in [-0.39, 0.29) is 17.6 Å². The van der Waals surface area contributed by atoms with Gasteiger partial charge in [-0.05, 0) is 25.7 Å². The average Bonchev–Trinajstić information content (AvgIpc) is 3.15. The van der Waals surface area contributed by atoms with Crippen LogP contribution in [0.3, 0.4) is 0 Å². The molecular formula is C16H19ClN4O3. The summed E-state index contributed by atoms with van der Waals surface area (Å²) in [4.78, 5) is 23.2. The first-order valence-electron chi connectivity index (χ1n) is 8.07. The van der Waals surface area contributed by atoms with E-state index in [0.717, 1.165) is 12.8 Å². The lowest BCUT2D eigenvalue weighted by molar-refractivity contribution is -0.0824. The molecule has 1 N–H and O–H groups in total. The van der Waals surface area contributed by atoms with Gasteiger partial charge in [0.1, 0.15) is 5.69 Å². The van der Waals surface area contributed by atoms with Crippen LogP contribution in [-0.2, 0) is 4.74 Å². The van der Waals surface area contributed by atoms with Crippen LogP contribution in [-0.4, -0.2) is 61.7 Å². The minimum Gasteiger partial charge on any atom is -0.393 e. The molecule has 8 heteroatoms. The molecule has 2 fully saturated rings. The molecule has 2 unspecified atom stereocenters. The van der Waals surface area contributed by atoms with Crippen LogP contribution in [0.1, 0.15) is 36.2 Å². The standard InChI is InChI=1S/C16H19ClN4O3/c1-24-16-3-2-11(22)6-13(16)21(5-4-16)14(23)12-9-20-8-10(17)7-18-15(20)19-12/h7-9,11,13,22H,2-6H2,1H3/t11?,13?,16-/m1/s1. The maximum Gasteiger partial charge on any atom is 0.274 e. The van der Waals surface area contributed by atoms with Crippen molar-refractivity contribution in [3.63, 3.8) is 0 Å². The average molecular weight is 351 g/mol. The number of carbonyl (C=O) groups is 1. The predicted molar refractivity (Wildman–Crippen MR) is 87.0 cm³/mol. The predicted octanol–water partition coefficient (Wildman–Crippen LogP) is 1.53. The number of fused-ring (bicyclic) bond motifs is 2. The highest BCUT2D eigenvalue weighted by Crippen LogP contribution is 2.42. The van der Waals surface area contributed by atoms with Crippen LogP contribution in [0.5, 0.6) is 0 Å². The number of rotatable bonds is 2. The fraction of sp³-hybridized carbons (Fsp3) is 0.562. The zero-order valence-corrected chi connectivity index (χ0v) is 14.1. The first-order chi connectivity index (χ1) is 11.5. The molecule has 0 bridgehead atoms. The summed E-state index contributed by atoms with van der Waals surface area (Å²) in [5.74, 6) is 0.276. The van der Waals surface area contributed by atoms with Crippen molar-refractivity contribution in [2.75, 3.05) is 13.7 Å². The van der Waals surface area contributed by atoms with E-state index >= 15 is 0 Å². The monoisotopic (exact) mass is 350 g/mol. The molecule has 3 atom stereocenters. The van der Waals surface area contributed by atoms with Gasteiger partial charge in [-0.1, -0.05) is 11.6 Å². The Hall–Kier alpha value is -1.70. The summed E-state index contributed by atoms with van der Waals surface area (Å²) in [6.07, 6.45) is 7.21. The van der Waals surface area contributed by atoms with E-state index in [1.54, 1.807) is 28.8 Å². The van der Waals surface area contributed by atoms with Gasteiger partial charge < -0.3 is 14.7 Å². The van der Waals surface area contributed by atoms with Crippen molar-refractivity contribution < 1.29 is 14.6 Å². The normalized spacial score (nSPS) is 29.9. The minimum absolute atomic E-state index is 0.125. The Kier molecular flexibility index (Phi) is 3.74. The molecule has 0 radical (unpaired) electrons. The van der Waals surface area contributed by atoms with Gasteiger partial charge in [0.25, 0.3) is 5.91 Å². The molecule has 2 aromatic rings. The van der Waals surface area contributed by atoms with E-state index in [1.807, 2.05) is 0 Å². The number of imidazole rings is 1. The van der Waals surface area contributed by atoms with Crippen molar-refractivity contribution in [2.45, 2.75) is 43.4 Å². The molecule has 3 heterocycles. The maximum absolute atomic E-state index is 13.0. The fourth-order valence-corrected chi connectivity index (χ4v) is 4.18. The van der Waals surface area contributed by atoms with Gasteiger partial charge in [0.05, 0.1) is 29.0 Å². The topological polar surface area (TPSA) is 80.0 Å². The molecule has 0 spiro atoms. The number of ether oxygens (including phenoxy) is 1. The Balaban J connectivity index is 1.65. The molecule has 1 aliphatic carbocycles. The van der Waals surface area contributed by atoms with Crippen LogP contribution >= 0.6 is 11.6 Å². The van der Waals surface area contributed by atoms with Crippen molar-refractivity contribution in [3.8, 4) is 0 Å². The molecule has 7 nitrogen and oxygen atoms in total. The lowest BCUT2D eigenvalue weighted by Gasteiger charge is -2.42. The Labute approximate surface area is 144 Å². The molecule has 2 aromatic heterocycles. The Morgan fingerprint density at radius 1 is 1.46 bits per heavy atom. The number of halogens is 1. The van der Waals surface area contributed by atoms with E-state index in [9.17, 15) is 9.90 Å². The summed E-state index contributed by atoms with van der Waals surface area (Å²) < 4.78 is 7.43. The van der Waals surface area contributed by atoms with Gasteiger partial charge in [-0.25, -0.2) is 9.97 Å². The molecule has 1 saturated heterocycles. The molecular weight excluding hydrogens is 332 g/mol.